The van der Waals surface area contributed by atoms with Crippen molar-refractivity contribution < 1.29 is 23.2 Å². The quantitative estimate of drug-likeness (QED) is 0.505. The maximum atomic E-state index is 13.3. The highest BCUT2D eigenvalue weighted by Crippen LogP contribution is 2.32. The van der Waals surface area contributed by atoms with E-state index in [9.17, 15) is 23.2 Å². The Morgan fingerprint density at radius 3 is 2.24 bits per heavy atom. The maximum Gasteiger partial charge on any atom is 0.234 e. The highest BCUT2D eigenvalue weighted by molar-refractivity contribution is 8.00. The molecule has 0 bridgehead atoms. The van der Waals surface area contributed by atoms with Crippen LogP contribution < -0.4 is 5.32 Å². The van der Waals surface area contributed by atoms with Gasteiger partial charge in [-0.2, -0.15) is 0 Å². The van der Waals surface area contributed by atoms with Crippen LogP contribution in [0.3, 0.4) is 0 Å². The fourth-order valence-corrected chi connectivity index (χ4v) is 3.87. The molecule has 1 aliphatic carbocycles. The molecule has 1 aliphatic rings. The van der Waals surface area contributed by atoms with E-state index in [-0.39, 0.29) is 34.1 Å². The highest BCUT2D eigenvalue weighted by Gasteiger charge is 2.31. The van der Waals surface area contributed by atoms with E-state index in [1.54, 1.807) is 42.5 Å². The van der Waals surface area contributed by atoms with Crippen LogP contribution in [-0.4, -0.2) is 23.2 Å². The van der Waals surface area contributed by atoms with Crippen molar-refractivity contribution in [3.05, 3.63) is 94.6 Å². The van der Waals surface area contributed by atoms with Crippen LogP contribution in [-0.2, 0) is 4.79 Å². The molecule has 3 aromatic carbocycles. The van der Waals surface area contributed by atoms with Crippen molar-refractivity contribution in [2.24, 2.45) is 0 Å². The number of nitrogens with one attached hydrogen (secondary N) is 1. The van der Waals surface area contributed by atoms with Gasteiger partial charge in [0.1, 0.15) is 0 Å². The molecule has 0 heterocycles. The Labute approximate surface area is 168 Å². The first-order valence-electron chi connectivity index (χ1n) is 8.65. The second-order valence-corrected chi connectivity index (χ2v) is 7.39. The van der Waals surface area contributed by atoms with Crippen molar-refractivity contribution in [1.29, 1.82) is 0 Å². The molecular weight excluding hydrogens is 396 g/mol. The molecule has 29 heavy (non-hydrogen) atoms. The molecule has 0 spiro atoms. The zero-order valence-corrected chi connectivity index (χ0v) is 15.7. The van der Waals surface area contributed by atoms with Crippen molar-refractivity contribution in [3.63, 3.8) is 0 Å². The summed E-state index contributed by atoms with van der Waals surface area (Å²) in [6.45, 7) is 0. The van der Waals surface area contributed by atoms with Gasteiger partial charge in [-0.3, -0.25) is 14.4 Å². The van der Waals surface area contributed by atoms with Crippen molar-refractivity contribution in [2.45, 2.75) is 4.90 Å². The minimum absolute atomic E-state index is 0.0759. The fourth-order valence-electron chi connectivity index (χ4n) is 3.15. The number of anilines is 1. The Balaban J connectivity index is 1.56. The van der Waals surface area contributed by atoms with Gasteiger partial charge in [0.2, 0.25) is 5.91 Å². The second-order valence-electron chi connectivity index (χ2n) is 6.34. The molecule has 0 aliphatic heterocycles. The van der Waals surface area contributed by atoms with E-state index in [1.165, 1.54) is 6.07 Å². The second kappa shape index (κ2) is 7.60. The van der Waals surface area contributed by atoms with Gasteiger partial charge >= 0.3 is 0 Å². The summed E-state index contributed by atoms with van der Waals surface area (Å²) >= 11 is 1.03. The first kappa shape index (κ1) is 19.0. The summed E-state index contributed by atoms with van der Waals surface area (Å²) in [5, 5.41) is 2.65. The normalized spacial score (nSPS) is 12.3. The van der Waals surface area contributed by atoms with Crippen LogP contribution in [0.25, 0.3) is 0 Å². The maximum absolute atomic E-state index is 13.3. The molecular formula is C22H13F2NO3S. The molecule has 3 aromatic rings. The number of ketones is 2. The molecule has 0 saturated carbocycles. The molecule has 0 unspecified atom stereocenters. The predicted octanol–water partition coefficient (Wildman–Crippen LogP) is 4.47. The summed E-state index contributed by atoms with van der Waals surface area (Å²) in [6, 6.07) is 14.6. The van der Waals surface area contributed by atoms with Gasteiger partial charge in [0.05, 0.1) is 17.0 Å². The fraction of sp³-hybridized carbons (Fsp3) is 0.0455. The number of thioether (sulfide) groups is 1. The number of halogens is 2. The number of carbonyl (C=O) groups excluding carboxylic acids is 3. The SMILES string of the molecule is O=C(CSc1ccc(F)c(F)c1)Nc1cccc2c1C(=O)c1ccccc1C2=O. The molecule has 0 aromatic heterocycles. The van der Waals surface area contributed by atoms with Gasteiger partial charge in [-0.15, -0.1) is 11.8 Å². The largest absolute Gasteiger partial charge is 0.325 e. The molecule has 0 saturated heterocycles. The summed E-state index contributed by atoms with van der Waals surface area (Å²) in [6.07, 6.45) is 0. The topological polar surface area (TPSA) is 63.2 Å². The van der Waals surface area contributed by atoms with E-state index >= 15 is 0 Å². The number of fused-ring (bicyclic) bond motifs is 2. The summed E-state index contributed by atoms with van der Waals surface area (Å²) in [4.78, 5) is 38.4. The summed E-state index contributed by atoms with van der Waals surface area (Å²) < 4.78 is 26.3. The Morgan fingerprint density at radius 2 is 1.52 bits per heavy atom. The number of benzene rings is 3. The average Bonchev–Trinajstić information content (AvgIpc) is 2.73. The summed E-state index contributed by atoms with van der Waals surface area (Å²) in [5.41, 5.74) is 1.26. The van der Waals surface area contributed by atoms with Crippen LogP contribution in [0.15, 0.2) is 65.6 Å². The number of amides is 1. The average molecular weight is 409 g/mol. The van der Waals surface area contributed by atoms with Crippen molar-refractivity contribution in [1.82, 2.24) is 0 Å². The van der Waals surface area contributed by atoms with Gasteiger partial charge in [0.25, 0.3) is 0 Å². The lowest BCUT2D eigenvalue weighted by Gasteiger charge is -2.20. The minimum atomic E-state index is -0.990. The Bertz CT molecular complexity index is 1180. The summed E-state index contributed by atoms with van der Waals surface area (Å²) in [5.74, 6) is -3.07. The van der Waals surface area contributed by atoms with Gasteiger partial charge in [-0.1, -0.05) is 36.4 Å². The first-order chi connectivity index (χ1) is 14.0. The third kappa shape index (κ3) is 3.56. The summed E-state index contributed by atoms with van der Waals surface area (Å²) in [7, 11) is 0. The van der Waals surface area contributed by atoms with Crippen LogP contribution in [0.4, 0.5) is 14.5 Å². The molecule has 4 rings (SSSR count). The van der Waals surface area contributed by atoms with Crippen molar-refractivity contribution in [2.75, 3.05) is 11.1 Å². The van der Waals surface area contributed by atoms with Gasteiger partial charge in [-0.25, -0.2) is 8.78 Å². The van der Waals surface area contributed by atoms with E-state index in [2.05, 4.69) is 5.32 Å². The van der Waals surface area contributed by atoms with Crippen LogP contribution in [0.1, 0.15) is 31.8 Å². The highest BCUT2D eigenvalue weighted by atomic mass is 32.2. The lowest BCUT2D eigenvalue weighted by molar-refractivity contribution is -0.113. The smallest absolute Gasteiger partial charge is 0.234 e. The van der Waals surface area contributed by atoms with Gasteiger partial charge < -0.3 is 5.32 Å². The Hall–Kier alpha value is -3.32. The van der Waals surface area contributed by atoms with Gasteiger partial charge in [0, 0.05) is 21.6 Å². The third-order valence-electron chi connectivity index (χ3n) is 4.49. The molecule has 0 fully saturated rings. The van der Waals surface area contributed by atoms with Crippen LogP contribution in [0, 0.1) is 11.6 Å². The van der Waals surface area contributed by atoms with Gasteiger partial charge in [0.15, 0.2) is 23.2 Å². The van der Waals surface area contributed by atoms with Crippen molar-refractivity contribution in [3.8, 4) is 0 Å². The molecule has 144 valence electrons. The van der Waals surface area contributed by atoms with Crippen LogP contribution in [0.2, 0.25) is 0 Å². The zero-order valence-electron chi connectivity index (χ0n) is 14.9. The molecule has 1 N–H and O–H groups in total. The Kier molecular flexibility index (Phi) is 4.98. The number of hydrogen-bond donors (Lipinski definition) is 1. The lowest BCUT2D eigenvalue weighted by atomic mass is 9.83. The van der Waals surface area contributed by atoms with Gasteiger partial charge in [-0.05, 0) is 24.3 Å². The van der Waals surface area contributed by atoms with Crippen LogP contribution in [0.5, 0.6) is 0 Å². The minimum Gasteiger partial charge on any atom is -0.325 e. The van der Waals surface area contributed by atoms with Crippen LogP contribution >= 0.6 is 11.8 Å². The van der Waals surface area contributed by atoms with E-state index in [4.69, 9.17) is 0 Å². The Morgan fingerprint density at radius 1 is 0.828 bits per heavy atom. The standard InChI is InChI=1S/C22H13F2NO3S/c23-16-9-8-12(10-17(16)24)29-11-19(26)25-18-7-3-6-15-20(18)22(28)14-5-2-1-4-13(14)21(15)27/h1-10H,11H2,(H,25,26). The van der Waals surface area contributed by atoms with E-state index in [1.807, 2.05) is 0 Å². The predicted molar refractivity (Wildman–Crippen MR) is 105 cm³/mol. The van der Waals surface area contributed by atoms with Crippen molar-refractivity contribution >= 4 is 34.9 Å². The molecule has 4 nitrogen and oxygen atoms in total. The number of carbonyl (C=O) groups is 3. The first-order valence-corrected chi connectivity index (χ1v) is 9.63. The molecule has 7 heteroatoms. The van der Waals surface area contributed by atoms with E-state index in [0.717, 1.165) is 23.9 Å². The monoisotopic (exact) mass is 409 g/mol. The number of hydrogen-bond acceptors (Lipinski definition) is 4. The molecule has 0 radical (unpaired) electrons. The third-order valence-corrected chi connectivity index (χ3v) is 5.48. The lowest BCUT2D eigenvalue weighted by Crippen LogP contribution is -2.24. The number of rotatable bonds is 4. The zero-order chi connectivity index (χ0) is 20.5. The molecule has 0 atom stereocenters. The van der Waals surface area contributed by atoms with E-state index < -0.39 is 17.5 Å². The van der Waals surface area contributed by atoms with E-state index in [0.29, 0.717) is 16.0 Å². The molecule has 1 amide bonds.